The molecule has 1 N–H and O–H groups in total. The summed E-state index contributed by atoms with van der Waals surface area (Å²) in [7, 11) is 0. The summed E-state index contributed by atoms with van der Waals surface area (Å²) in [5.41, 5.74) is 3.20. The van der Waals surface area contributed by atoms with Crippen LogP contribution >= 0.6 is 0 Å². The van der Waals surface area contributed by atoms with Gasteiger partial charge in [0.2, 0.25) is 5.88 Å². The molecule has 2 aliphatic heterocycles. The van der Waals surface area contributed by atoms with Crippen molar-refractivity contribution in [1.82, 2.24) is 19.9 Å². The van der Waals surface area contributed by atoms with Gasteiger partial charge in [-0.05, 0) is 50.1 Å². The lowest BCUT2D eigenvalue weighted by atomic mass is 10.0. The summed E-state index contributed by atoms with van der Waals surface area (Å²) < 4.78 is 50.8. The minimum absolute atomic E-state index is 0.106. The van der Waals surface area contributed by atoms with Crippen LogP contribution in [-0.4, -0.2) is 71.5 Å². The molecule has 0 amide bonds. The molecular formula is C29H35F3N6O2. The van der Waals surface area contributed by atoms with E-state index in [2.05, 4.69) is 29.0 Å². The second kappa shape index (κ2) is 12.4. The molecule has 0 bridgehead atoms. The number of pyridine rings is 1. The third kappa shape index (κ3) is 7.00. The first-order chi connectivity index (χ1) is 19.3. The largest absolute Gasteiger partial charge is 0.478 e. The maximum atomic E-state index is 13.2. The lowest BCUT2D eigenvalue weighted by Gasteiger charge is -2.38. The molecule has 1 fully saturated rings. The minimum atomic E-state index is -4.26. The molecule has 2 aliphatic rings. The molecule has 2 aromatic heterocycles. The van der Waals surface area contributed by atoms with E-state index in [1.165, 1.54) is 4.90 Å². The highest BCUT2D eigenvalue weighted by molar-refractivity contribution is 5.66. The second-order valence-corrected chi connectivity index (χ2v) is 10.3. The number of morpholine rings is 1. The standard InChI is InChI=1S/C29H35F3N6O2/c1-3-4-15-40-26-7-5-6-25(35-26)33-22-10-8-21(9-11-22)27-34-24-17-37(19-29(30,31)32)13-12-23(24)28(36-27)38-14-16-39-18-20(38)2/h5-11,20H,3-4,12-19H2,1-2H3,(H,33,35)/t20-/m0/s1. The van der Waals surface area contributed by atoms with Crippen LogP contribution in [0.4, 0.5) is 30.5 Å². The predicted molar refractivity (Wildman–Crippen MR) is 148 cm³/mol. The average molecular weight is 557 g/mol. The Morgan fingerprint density at radius 1 is 1.07 bits per heavy atom. The highest BCUT2D eigenvalue weighted by Crippen LogP contribution is 2.33. The monoisotopic (exact) mass is 556 g/mol. The summed E-state index contributed by atoms with van der Waals surface area (Å²) in [6.45, 7) is 6.15. The Bertz CT molecular complexity index is 1290. The van der Waals surface area contributed by atoms with Gasteiger partial charge in [0.25, 0.3) is 0 Å². The van der Waals surface area contributed by atoms with Crippen LogP contribution in [0.5, 0.6) is 5.88 Å². The molecule has 4 heterocycles. The lowest BCUT2D eigenvalue weighted by molar-refractivity contribution is -0.147. The van der Waals surface area contributed by atoms with Crippen molar-refractivity contribution in [2.75, 3.05) is 49.7 Å². The van der Waals surface area contributed by atoms with Gasteiger partial charge in [0.05, 0.1) is 38.1 Å². The molecule has 40 heavy (non-hydrogen) atoms. The molecule has 0 spiro atoms. The average Bonchev–Trinajstić information content (AvgIpc) is 2.93. The number of halogens is 3. The Kier molecular flexibility index (Phi) is 8.70. The van der Waals surface area contributed by atoms with E-state index >= 15 is 0 Å². The van der Waals surface area contributed by atoms with Crippen molar-refractivity contribution in [3.8, 4) is 17.3 Å². The molecule has 1 atom stereocenters. The van der Waals surface area contributed by atoms with Crippen LogP contribution < -0.4 is 15.0 Å². The maximum Gasteiger partial charge on any atom is 0.401 e. The van der Waals surface area contributed by atoms with Gasteiger partial charge in [0.15, 0.2) is 5.82 Å². The summed E-state index contributed by atoms with van der Waals surface area (Å²) >= 11 is 0. The van der Waals surface area contributed by atoms with Crippen LogP contribution in [0.15, 0.2) is 42.5 Å². The number of benzene rings is 1. The zero-order chi connectivity index (χ0) is 28.1. The van der Waals surface area contributed by atoms with Crippen molar-refractivity contribution in [3.63, 3.8) is 0 Å². The molecule has 11 heteroatoms. The summed E-state index contributed by atoms with van der Waals surface area (Å²) in [6, 6.07) is 13.4. The fourth-order valence-electron chi connectivity index (χ4n) is 5.00. The van der Waals surface area contributed by atoms with Crippen LogP contribution in [0.25, 0.3) is 11.4 Å². The highest BCUT2D eigenvalue weighted by Gasteiger charge is 2.34. The van der Waals surface area contributed by atoms with Gasteiger partial charge < -0.3 is 19.7 Å². The number of aromatic nitrogens is 3. The number of anilines is 3. The maximum absolute atomic E-state index is 13.2. The van der Waals surface area contributed by atoms with Crippen LogP contribution in [0.1, 0.15) is 37.9 Å². The predicted octanol–water partition coefficient (Wildman–Crippen LogP) is 5.61. The van der Waals surface area contributed by atoms with Crippen molar-refractivity contribution >= 4 is 17.3 Å². The molecule has 1 saturated heterocycles. The first-order valence-corrected chi connectivity index (χ1v) is 13.8. The first kappa shape index (κ1) is 28.1. The van der Waals surface area contributed by atoms with Crippen LogP contribution in [0.2, 0.25) is 0 Å². The van der Waals surface area contributed by atoms with Crippen LogP contribution in [0, 0.1) is 0 Å². The Labute approximate surface area is 232 Å². The number of hydrogen-bond donors (Lipinski definition) is 1. The Hall–Kier alpha value is -3.44. The molecule has 0 unspecified atom stereocenters. The third-order valence-electron chi connectivity index (χ3n) is 7.05. The number of rotatable bonds is 9. The zero-order valence-corrected chi connectivity index (χ0v) is 22.9. The molecule has 0 saturated carbocycles. The van der Waals surface area contributed by atoms with Gasteiger partial charge in [0.1, 0.15) is 11.6 Å². The number of ether oxygens (including phenoxy) is 2. The topological polar surface area (TPSA) is 75.6 Å². The van der Waals surface area contributed by atoms with E-state index in [0.717, 1.165) is 35.5 Å². The molecular weight excluding hydrogens is 521 g/mol. The van der Waals surface area contributed by atoms with Gasteiger partial charge in [-0.15, -0.1) is 0 Å². The smallest absolute Gasteiger partial charge is 0.401 e. The van der Waals surface area contributed by atoms with Crippen molar-refractivity contribution in [2.45, 2.75) is 51.9 Å². The highest BCUT2D eigenvalue weighted by atomic mass is 19.4. The zero-order valence-electron chi connectivity index (χ0n) is 22.9. The van der Waals surface area contributed by atoms with Gasteiger partial charge in [0, 0.05) is 42.5 Å². The third-order valence-corrected chi connectivity index (χ3v) is 7.05. The quantitative estimate of drug-likeness (QED) is 0.341. The van der Waals surface area contributed by atoms with E-state index in [-0.39, 0.29) is 12.6 Å². The lowest BCUT2D eigenvalue weighted by Crippen LogP contribution is -2.46. The van der Waals surface area contributed by atoms with E-state index in [1.807, 2.05) is 42.5 Å². The van der Waals surface area contributed by atoms with E-state index < -0.39 is 12.7 Å². The van der Waals surface area contributed by atoms with Crippen molar-refractivity contribution in [3.05, 3.63) is 53.7 Å². The van der Waals surface area contributed by atoms with E-state index in [4.69, 9.17) is 19.4 Å². The molecule has 0 radical (unpaired) electrons. The van der Waals surface area contributed by atoms with Gasteiger partial charge in [-0.3, -0.25) is 4.90 Å². The number of nitrogens with one attached hydrogen (secondary N) is 1. The summed E-state index contributed by atoms with van der Waals surface area (Å²) in [5, 5.41) is 3.29. The molecule has 5 rings (SSSR count). The van der Waals surface area contributed by atoms with E-state index in [1.54, 1.807) is 0 Å². The Morgan fingerprint density at radius 3 is 2.65 bits per heavy atom. The van der Waals surface area contributed by atoms with Crippen molar-refractivity contribution in [1.29, 1.82) is 0 Å². The minimum Gasteiger partial charge on any atom is -0.478 e. The fraction of sp³-hybridized carbons (Fsp3) is 0.483. The van der Waals surface area contributed by atoms with E-state index in [0.29, 0.717) is 62.5 Å². The fourth-order valence-corrected chi connectivity index (χ4v) is 5.00. The SMILES string of the molecule is CCCCOc1cccc(Nc2ccc(-c3nc4c(c(N5CCOC[C@@H]5C)n3)CCN(CC(F)(F)F)C4)cc2)n1. The normalized spacial score (nSPS) is 17.9. The Balaban J connectivity index is 1.39. The second-order valence-electron chi connectivity index (χ2n) is 10.3. The van der Waals surface area contributed by atoms with Gasteiger partial charge in [-0.2, -0.15) is 18.2 Å². The van der Waals surface area contributed by atoms with E-state index in [9.17, 15) is 13.2 Å². The number of unbranched alkanes of at least 4 members (excludes halogenated alkanes) is 1. The molecule has 8 nitrogen and oxygen atoms in total. The number of alkyl halides is 3. The molecule has 214 valence electrons. The van der Waals surface area contributed by atoms with Gasteiger partial charge in [-0.25, -0.2) is 9.97 Å². The summed E-state index contributed by atoms with van der Waals surface area (Å²) in [6.07, 6.45) is -1.76. The van der Waals surface area contributed by atoms with Gasteiger partial charge in [-0.1, -0.05) is 19.4 Å². The van der Waals surface area contributed by atoms with Gasteiger partial charge >= 0.3 is 6.18 Å². The first-order valence-electron chi connectivity index (χ1n) is 13.8. The molecule has 1 aromatic carbocycles. The summed E-state index contributed by atoms with van der Waals surface area (Å²) in [5.74, 6) is 2.54. The molecule has 3 aromatic rings. The Morgan fingerprint density at radius 2 is 1.90 bits per heavy atom. The van der Waals surface area contributed by atoms with Crippen LogP contribution in [0.3, 0.4) is 0 Å². The summed E-state index contributed by atoms with van der Waals surface area (Å²) in [4.78, 5) is 17.9. The van der Waals surface area contributed by atoms with Crippen molar-refractivity contribution in [2.24, 2.45) is 0 Å². The number of nitrogens with zero attached hydrogens (tertiary/aromatic N) is 5. The number of hydrogen-bond acceptors (Lipinski definition) is 8. The number of fused-ring (bicyclic) bond motifs is 1. The van der Waals surface area contributed by atoms with Crippen LogP contribution in [-0.2, 0) is 17.7 Å². The van der Waals surface area contributed by atoms with Crippen molar-refractivity contribution < 1.29 is 22.6 Å². The molecule has 0 aliphatic carbocycles.